The first-order valence-corrected chi connectivity index (χ1v) is 9.80. The van der Waals surface area contributed by atoms with E-state index in [4.69, 9.17) is 9.47 Å². The number of carbonyl (C=O) groups is 1. The number of aromatic nitrogens is 2. The summed E-state index contributed by atoms with van der Waals surface area (Å²) in [5, 5.41) is 16.8. The molecule has 2 aromatic carbocycles. The maximum Gasteiger partial charge on any atom is 0.275 e. The number of benzene rings is 2. The van der Waals surface area contributed by atoms with E-state index in [1.165, 1.54) is 0 Å². The Morgan fingerprint density at radius 3 is 2.47 bits per heavy atom. The van der Waals surface area contributed by atoms with E-state index in [2.05, 4.69) is 26.3 Å². The zero-order chi connectivity index (χ0) is 21.7. The van der Waals surface area contributed by atoms with E-state index in [9.17, 15) is 14.7 Å². The minimum atomic E-state index is -0.584. The number of hydrogen-bond acceptors (Lipinski definition) is 6. The summed E-state index contributed by atoms with van der Waals surface area (Å²) in [5.74, 6) is 0.160. The molecule has 1 amide bonds. The molecular weight excluding hydrogens is 454 g/mol. The molecule has 3 aromatic rings. The Bertz CT molecular complexity index is 1110. The van der Waals surface area contributed by atoms with Crippen LogP contribution < -0.4 is 20.3 Å². The van der Waals surface area contributed by atoms with Crippen LogP contribution in [0.5, 0.6) is 17.2 Å². The highest BCUT2D eigenvalue weighted by atomic mass is 79.9. The zero-order valence-corrected chi connectivity index (χ0v) is 18.0. The van der Waals surface area contributed by atoms with Crippen molar-refractivity contribution < 1.29 is 19.4 Å². The smallest absolute Gasteiger partial charge is 0.275 e. The number of nitrogens with zero attached hydrogens (tertiary/aromatic N) is 2. The highest BCUT2D eigenvalue weighted by molar-refractivity contribution is 9.10. The average Bonchev–Trinajstić information content (AvgIpc) is 2.74. The second kappa shape index (κ2) is 9.45. The predicted molar refractivity (Wildman–Crippen MR) is 115 cm³/mol. The summed E-state index contributed by atoms with van der Waals surface area (Å²) in [5.41, 5.74) is 0.633. The summed E-state index contributed by atoms with van der Waals surface area (Å²) >= 11 is 3.32. The van der Waals surface area contributed by atoms with Crippen LogP contribution in [0.1, 0.15) is 16.1 Å². The Balaban J connectivity index is 1.73. The van der Waals surface area contributed by atoms with Crippen molar-refractivity contribution in [2.24, 2.45) is 0 Å². The largest absolute Gasteiger partial charge is 0.505 e. The van der Waals surface area contributed by atoms with E-state index >= 15 is 0 Å². The first-order chi connectivity index (χ1) is 14.4. The molecule has 0 aliphatic rings. The summed E-state index contributed by atoms with van der Waals surface area (Å²) in [6.45, 7) is 0.298. The van der Waals surface area contributed by atoms with Crippen LogP contribution in [0, 0.1) is 0 Å². The molecule has 0 spiro atoms. The van der Waals surface area contributed by atoms with Crippen molar-refractivity contribution in [3.63, 3.8) is 0 Å². The highest BCUT2D eigenvalue weighted by Gasteiger charge is 2.16. The second-order valence-corrected chi connectivity index (χ2v) is 7.22. The van der Waals surface area contributed by atoms with Crippen LogP contribution in [0.2, 0.25) is 0 Å². The maximum absolute atomic E-state index is 12.5. The standard InChI is InChI=1S/C21H20BrN3O5/c1-29-17-8-3-13(11-18(17)30-2)9-10-23-21(28)20-16(26)12-19(27)25(24-20)15-6-4-14(22)5-7-15/h3-8,11-12,26H,9-10H2,1-2H3,(H,23,28). The Hall–Kier alpha value is -3.33. The van der Waals surface area contributed by atoms with E-state index in [1.54, 1.807) is 44.6 Å². The van der Waals surface area contributed by atoms with Gasteiger partial charge in [0.2, 0.25) is 0 Å². The molecule has 0 saturated heterocycles. The number of halogens is 1. The minimum absolute atomic E-state index is 0.232. The van der Waals surface area contributed by atoms with Gasteiger partial charge >= 0.3 is 0 Å². The number of nitrogens with one attached hydrogen (secondary N) is 1. The van der Waals surface area contributed by atoms with Gasteiger partial charge in [-0.1, -0.05) is 22.0 Å². The van der Waals surface area contributed by atoms with Crippen LogP contribution >= 0.6 is 15.9 Å². The lowest BCUT2D eigenvalue weighted by Gasteiger charge is -2.11. The Labute approximate surface area is 181 Å². The molecule has 0 saturated carbocycles. The van der Waals surface area contributed by atoms with Gasteiger partial charge < -0.3 is 19.9 Å². The average molecular weight is 474 g/mol. The number of ether oxygens (including phenoxy) is 2. The van der Waals surface area contributed by atoms with Gasteiger partial charge in [-0.3, -0.25) is 9.59 Å². The van der Waals surface area contributed by atoms with Gasteiger partial charge in [-0.15, -0.1) is 0 Å². The van der Waals surface area contributed by atoms with Crippen molar-refractivity contribution in [1.82, 2.24) is 15.1 Å². The quantitative estimate of drug-likeness (QED) is 0.546. The molecule has 1 heterocycles. The molecular formula is C21H20BrN3O5. The summed E-state index contributed by atoms with van der Waals surface area (Å²) in [6, 6.07) is 13.3. The molecule has 156 valence electrons. The van der Waals surface area contributed by atoms with Gasteiger partial charge in [-0.25, -0.2) is 0 Å². The fraction of sp³-hybridized carbons (Fsp3) is 0.190. The van der Waals surface area contributed by atoms with Crippen LogP contribution in [-0.4, -0.2) is 41.6 Å². The van der Waals surface area contributed by atoms with Gasteiger partial charge in [0, 0.05) is 17.1 Å². The fourth-order valence-electron chi connectivity index (χ4n) is 2.82. The summed E-state index contributed by atoms with van der Waals surface area (Å²) in [4.78, 5) is 24.7. The molecule has 0 bridgehead atoms. The monoisotopic (exact) mass is 473 g/mol. The van der Waals surface area contributed by atoms with Crippen molar-refractivity contribution in [2.75, 3.05) is 20.8 Å². The first-order valence-electron chi connectivity index (χ1n) is 9.01. The molecule has 0 aliphatic carbocycles. The van der Waals surface area contributed by atoms with Gasteiger partial charge in [0.15, 0.2) is 22.9 Å². The van der Waals surface area contributed by atoms with E-state index in [0.717, 1.165) is 20.8 Å². The second-order valence-electron chi connectivity index (χ2n) is 6.30. The molecule has 3 rings (SSSR count). The lowest BCUT2D eigenvalue weighted by atomic mass is 10.1. The number of carbonyl (C=O) groups excluding carboxylic acids is 1. The molecule has 30 heavy (non-hydrogen) atoms. The minimum Gasteiger partial charge on any atom is -0.505 e. The van der Waals surface area contributed by atoms with Crippen LogP contribution in [0.25, 0.3) is 5.69 Å². The number of aromatic hydroxyl groups is 1. The van der Waals surface area contributed by atoms with Crippen LogP contribution in [0.4, 0.5) is 0 Å². The summed E-state index contributed by atoms with van der Waals surface area (Å²) in [6.07, 6.45) is 0.527. The van der Waals surface area contributed by atoms with Crippen molar-refractivity contribution in [3.8, 4) is 22.9 Å². The van der Waals surface area contributed by atoms with E-state index < -0.39 is 17.2 Å². The molecule has 0 unspecified atom stereocenters. The summed E-state index contributed by atoms with van der Waals surface area (Å²) in [7, 11) is 3.11. The number of rotatable bonds is 7. The number of amides is 1. The van der Waals surface area contributed by atoms with Gasteiger partial charge in [-0.05, 0) is 48.4 Å². The predicted octanol–water partition coefficient (Wildman–Crippen LogP) is 2.69. The van der Waals surface area contributed by atoms with Crippen LogP contribution in [0.15, 0.2) is 57.8 Å². The Morgan fingerprint density at radius 2 is 1.80 bits per heavy atom. The fourth-order valence-corrected chi connectivity index (χ4v) is 3.08. The van der Waals surface area contributed by atoms with Gasteiger partial charge in [0.05, 0.1) is 19.9 Å². The molecule has 0 aliphatic heterocycles. The van der Waals surface area contributed by atoms with Gasteiger partial charge in [-0.2, -0.15) is 9.78 Å². The molecule has 0 radical (unpaired) electrons. The molecule has 0 atom stereocenters. The lowest BCUT2D eigenvalue weighted by Crippen LogP contribution is -2.30. The Morgan fingerprint density at radius 1 is 1.10 bits per heavy atom. The van der Waals surface area contributed by atoms with Gasteiger partial charge in [0.1, 0.15) is 0 Å². The van der Waals surface area contributed by atoms with E-state index in [0.29, 0.717) is 30.2 Å². The molecule has 0 fully saturated rings. The van der Waals surface area contributed by atoms with Crippen molar-refractivity contribution in [2.45, 2.75) is 6.42 Å². The SMILES string of the molecule is COc1ccc(CCNC(=O)c2nn(-c3ccc(Br)cc3)c(=O)cc2O)cc1OC. The van der Waals surface area contributed by atoms with Crippen LogP contribution in [-0.2, 0) is 6.42 Å². The third-order valence-corrected chi connectivity index (χ3v) is 4.87. The highest BCUT2D eigenvalue weighted by Crippen LogP contribution is 2.27. The van der Waals surface area contributed by atoms with Gasteiger partial charge in [0.25, 0.3) is 11.5 Å². The Kier molecular flexibility index (Phi) is 6.73. The maximum atomic E-state index is 12.5. The van der Waals surface area contributed by atoms with Crippen molar-refractivity contribution in [1.29, 1.82) is 0 Å². The zero-order valence-electron chi connectivity index (χ0n) is 16.4. The van der Waals surface area contributed by atoms with E-state index in [-0.39, 0.29) is 5.69 Å². The molecule has 9 heteroatoms. The third-order valence-electron chi connectivity index (χ3n) is 4.35. The molecule has 8 nitrogen and oxygen atoms in total. The molecule has 1 aromatic heterocycles. The van der Waals surface area contributed by atoms with Crippen molar-refractivity contribution >= 4 is 21.8 Å². The third kappa shape index (κ3) is 4.80. The topological polar surface area (TPSA) is 103 Å². The first kappa shape index (κ1) is 21.4. The lowest BCUT2D eigenvalue weighted by molar-refractivity contribution is 0.0944. The number of hydrogen-bond donors (Lipinski definition) is 2. The normalized spacial score (nSPS) is 10.5. The number of methoxy groups -OCH3 is 2. The summed E-state index contributed by atoms with van der Waals surface area (Å²) < 4.78 is 12.4. The van der Waals surface area contributed by atoms with Crippen molar-refractivity contribution in [3.05, 3.63) is 74.6 Å². The van der Waals surface area contributed by atoms with Crippen LogP contribution in [0.3, 0.4) is 0 Å². The van der Waals surface area contributed by atoms with E-state index in [1.807, 2.05) is 12.1 Å². The molecule has 2 N–H and O–H groups in total.